The molecule has 1 aromatic heterocycles. The lowest BCUT2D eigenvalue weighted by Crippen LogP contribution is -2.51. The number of nitrogens with zero attached hydrogens (tertiary/aromatic N) is 4. The van der Waals surface area contributed by atoms with Crippen LogP contribution in [0.1, 0.15) is 70.0 Å². The molecular formula is C29H28ClF6N5O4. The molecule has 0 aliphatic rings. The number of carbonyl (C=O) groups is 3. The Morgan fingerprint density at radius 2 is 1.47 bits per heavy atom. The summed E-state index contributed by atoms with van der Waals surface area (Å²) >= 11 is 6.24. The minimum Gasteiger partial charge on any atom is -0.497 e. The van der Waals surface area contributed by atoms with Gasteiger partial charge in [-0.1, -0.05) is 12.1 Å². The Hall–Kier alpha value is -4.40. The first-order chi connectivity index (χ1) is 20.7. The molecule has 0 fully saturated rings. The predicted octanol–water partition coefficient (Wildman–Crippen LogP) is 6.05. The SMILES string of the molecule is COc1ccc(CN(NC(=O)c2nccnc2C(C)N(C)C(=O)c2cc(C(F)(F)F)cc(C(F)(F)F)c2)C(=O)C(C)(C)Cl)cc1. The number of rotatable bonds is 8. The quantitative estimate of drug-likeness (QED) is 0.180. The number of carbonyl (C=O) groups excluding carboxylic acids is 3. The number of ether oxygens (including phenoxy) is 1. The molecule has 0 aliphatic heterocycles. The highest BCUT2D eigenvalue weighted by molar-refractivity contribution is 6.34. The van der Waals surface area contributed by atoms with Gasteiger partial charge in [0, 0.05) is 25.0 Å². The Labute approximate surface area is 259 Å². The van der Waals surface area contributed by atoms with E-state index in [-0.39, 0.29) is 24.0 Å². The van der Waals surface area contributed by atoms with Crippen molar-refractivity contribution in [2.24, 2.45) is 0 Å². The van der Waals surface area contributed by atoms with Crippen LogP contribution in [0.15, 0.2) is 54.9 Å². The van der Waals surface area contributed by atoms with Gasteiger partial charge in [-0.25, -0.2) is 9.99 Å². The van der Waals surface area contributed by atoms with E-state index in [9.17, 15) is 40.7 Å². The Balaban J connectivity index is 1.94. The molecule has 0 radical (unpaired) electrons. The molecule has 0 saturated heterocycles. The molecule has 0 spiro atoms. The van der Waals surface area contributed by atoms with Crippen LogP contribution in [0.4, 0.5) is 26.3 Å². The van der Waals surface area contributed by atoms with Gasteiger partial charge in [-0.2, -0.15) is 26.3 Å². The van der Waals surface area contributed by atoms with Crippen LogP contribution < -0.4 is 10.2 Å². The minimum atomic E-state index is -5.16. The van der Waals surface area contributed by atoms with Crippen LogP contribution >= 0.6 is 11.6 Å². The van der Waals surface area contributed by atoms with Crippen LogP contribution in [0.3, 0.4) is 0 Å². The zero-order chi connectivity index (χ0) is 33.9. The first-order valence-electron chi connectivity index (χ1n) is 13.1. The van der Waals surface area contributed by atoms with E-state index in [1.807, 2.05) is 0 Å². The maximum Gasteiger partial charge on any atom is 0.416 e. The van der Waals surface area contributed by atoms with Gasteiger partial charge in [-0.3, -0.25) is 24.8 Å². The molecule has 3 amide bonds. The molecule has 1 N–H and O–H groups in total. The second kappa shape index (κ2) is 13.3. The lowest BCUT2D eigenvalue weighted by Gasteiger charge is -2.29. The second-order valence-electron chi connectivity index (χ2n) is 10.3. The predicted molar refractivity (Wildman–Crippen MR) is 150 cm³/mol. The average molecular weight is 660 g/mol. The molecule has 1 unspecified atom stereocenters. The number of methoxy groups -OCH3 is 1. The average Bonchev–Trinajstić information content (AvgIpc) is 2.98. The molecule has 0 saturated carbocycles. The Bertz CT molecular complexity index is 1530. The van der Waals surface area contributed by atoms with Crippen molar-refractivity contribution >= 4 is 29.3 Å². The van der Waals surface area contributed by atoms with E-state index in [0.29, 0.717) is 23.4 Å². The number of halogens is 7. The number of nitrogens with one attached hydrogen (secondary N) is 1. The third-order valence-electron chi connectivity index (χ3n) is 6.56. The molecule has 0 aliphatic carbocycles. The largest absolute Gasteiger partial charge is 0.497 e. The van der Waals surface area contributed by atoms with Gasteiger partial charge in [0.05, 0.1) is 36.5 Å². The van der Waals surface area contributed by atoms with E-state index in [1.165, 1.54) is 34.1 Å². The molecular weight excluding hydrogens is 632 g/mol. The second-order valence-corrected chi connectivity index (χ2v) is 11.3. The monoisotopic (exact) mass is 659 g/mol. The summed E-state index contributed by atoms with van der Waals surface area (Å²) in [5.74, 6) is -2.30. The van der Waals surface area contributed by atoms with Crippen molar-refractivity contribution in [3.8, 4) is 5.75 Å². The summed E-state index contributed by atoms with van der Waals surface area (Å²) in [7, 11) is 2.59. The number of amides is 3. The summed E-state index contributed by atoms with van der Waals surface area (Å²) in [6.45, 7) is 4.04. The molecule has 3 aromatic rings. The van der Waals surface area contributed by atoms with Crippen molar-refractivity contribution in [2.45, 2.75) is 50.6 Å². The zero-order valence-corrected chi connectivity index (χ0v) is 25.3. The van der Waals surface area contributed by atoms with E-state index >= 15 is 0 Å². The molecule has 1 heterocycles. The first-order valence-corrected chi connectivity index (χ1v) is 13.4. The highest BCUT2D eigenvalue weighted by atomic mass is 35.5. The molecule has 242 valence electrons. The van der Waals surface area contributed by atoms with Crippen LogP contribution in [0.2, 0.25) is 0 Å². The summed E-state index contributed by atoms with van der Waals surface area (Å²) in [5, 5.41) is 0.955. The van der Waals surface area contributed by atoms with E-state index in [0.717, 1.165) is 23.2 Å². The van der Waals surface area contributed by atoms with Gasteiger partial charge in [0.1, 0.15) is 10.6 Å². The maximum atomic E-state index is 13.5. The van der Waals surface area contributed by atoms with Crippen LogP contribution in [0.25, 0.3) is 0 Å². The number of benzene rings is 2. The third-order valence-corrected chi connectivity index (χ3v) is 6.72. The lowest BCUT2D eigenvalue weighted by atomic mass is 10.0. The summed E-state index contributed by atoms with van der Waals surface area (Å²) < 4.78 is 85.4. The van der Waals surface area contributed by atoms with Crippen molar-refractivity contribution in [1.29, 1.82) is 0 Å². The van der Waals surface area contributed by atoms with Crippen LogP contribution in [-0.2, 0) is 23.7 Å². The fourth-order valence-electron chi connectivity index (χ4n) is 4.04. The molecule has 1 atom stereocenters. The lowest BCUT2D eigenvalue weighted by molar-refractivity contribution is -0.143. The van der Waals surface area contributed by atoms with Gasteiger partial charge >= 0.3 is 12.4 Å². The summed E-state index contributed by atoms with van der Waals surface area (Å²) in [6, 6.07) is 5.93. The van der Waals surface area contributed by atoms with E-state index in [2.05, 4.69) is 15.4 Å². The smallest absolute Gasteiger partial charge is 0.416 e. The van der Waals surface area contributed by atoms with E-state index < -0.39 is 57.7 Å². The summed E-state index contributed by atoms with van der Waals surface area (Å²) in [5.41, 5.74) is -1.72. The first kappa shape index (κ1) is 35.1. The van der Waals surface area contributed by atoms with E-state index in [1.54, 1.807) is 24.3 Å². The Kier molecular flexibility index (Phi) is 10.4. The number of hydrogen-bond acceptors (Lipinski definition) is 6. The van der Waals surface area contributed by atoms with Crippen molar-refractivity contribution in [2.75, 3.05) is 14.2 Å². The minimum absolute atomic E-state index is 0.0908. The van der Waals surface area contributed by atoms with Crippen LogP contribution in [0, 0.1) is 0 Å². The topological polar surface area (TPSA) is 105 Å². The third kappa shape index (κ3) is 8.62. The highest BCUT2D eigenvalue weighted by Crippen LogP contribution is 2.37. The van der Waals surface area contributed by atoms with Crippen molar-refractivity contribution < 1.29 is 45.5 Å². The molecule has 9 nitrogen and oxygen atoms in total. The van der Waals surface area contributed by atoms with Crippen molar-refractivity contribution in [1.82, 2.24) is 25.3 Å². The van der Waals surface area contributed by atoms with Crippen molar-refractivity contribution in [3.63, 3.8) is 0 Å². The molecule has 16 heteroatoms. The maximum absolute atomic E-state index is 13.5. The molecule has 2 aromatic carbocycles. The van der Waals surface area contributed by atoms with Gasteiger partial charge < -0.3 is 9.64 Å². The van der Waals surface area contributed by atoms with E-state index in [4.69, 9.17) is 16.3 Å². The summed E-state index contributed by atoms with van der Waals surface area (Å²) in [6.07, 6.45) is -8.00. The van der Waals surface area contributed by atoms with Crippen LogP contribution in [-0.4, -0.2) is 56.6 Å². The zero-order valence-electron chi connectivity index (χ0n) is 24.5. The van der Waals surface area contributed by atoms with Crippen molar-refractivity contribution in [3.05, 3.63) is 88.5 Å². The van der Waals surface area contributed by atoms with Gasteiger partial charge in [0.2, 0.25) is 0 Å². The fraction of sp³-hybridized carbons (Fsp3) is 0.345. The van der Waals surface area contributed by atoms with Gasteiger partial charge in [-0.05, 0) is 56.7 Å². The molecule has 45 heavy (non-hydrogen) atoms. The number of hydrogen-bond donors (Lipinski definition) is 1. The number of alkyl halides is 7. The Morgan fingerprint density at radius 3 is 1.96 bits per heavy atom. The van der Waals surface area contributed by atoms with Crippen LogP contribution in [0.5, 0.6) is 5.75 Å². The molecule has 3 rings (SSSR count). The van der Waals surface area contributed by atoms with Gasteiger partial charge in [-0.15, -0.1) is 11.6 Å². The number of hydrazine groups is 1. The normalized spacial score (nSPS) is 12.7. The van der Waals surface area contributed by atoms with Gasteiger partial charge in [0.25, 0.3) is 17.7 Å². The Morgan fingerprint density at radius 1 is 0.933 bits per heavy atom. The fourth-order valence-corrected chi connectivity index (χ4v) is 4.14. The standard InChI is InChI=1S/C29H28ClF6N5O4/c1-16(40(4)25(43)18-12-19(28(31,32)33)14-20(13-18)29(34,35)36)22-23(38-11-10-37-22)24(42)39-41(26(44)27(2,3)30)15-17-6-8-21(45-5)9-7-17/h6-14,16H,15H2,1-5H3,(H,39,42). The summed E-state index contributed by atoms with van der Waals surface area (Å²) in [4.78, 5) is 47.2. The number of aromatic nitrogens is 2. The van der Waals surface area contributed by atoms with Gasteiger partial charge in [0.15, 0.2) is 5.69 Å². The highest BCUT2D eigenvalue weighted by Gasteiger charge is 2.38. The molecule has 0 bridgehead atoms.